The van der Waals surface area contributed by atoms with Crippen molar-refractivity contribution in [1.29, 1.82) is 0 Å². The molecular formula is C31H33F2N7O2. The maximum Gasteiger partial charge on any atom is 0.247 e. The Balaban J connectivity index is 1.75. The van der Waals surface area contributed by atoms with Gasteiger partial charge in [-0.15, -0.1) is 0 Å². The maximum absolute atomic E-state index is 13.9. The third kappa shape index (κ3) is 7.58. The number of hydrogen-bond acceptors (Lipinski definition) is 8. The lowest BCUT2D eigenvalue weighted by atomic mass is 10.1. The number of nitrogens with one attached hydrogen (secondary N) is 3. The molecule has 0 saturated heterocycles. The summed E-state index contributed by atoms with van der Waals surface area (Å²) >= 11 is 0. The molecule has 4 rings (SSSR count). The second-order valence-corrected chi connectivity index (χ2v) is 9.71. The van der Waals surface area contributed by atoms with Gasteiger partial charge in [0.25, 0.3) is 0 Å². The highest BCUT2D eigenvalue weighted by molar-refractivity contribution is 6.02. The summed E-state index contributed by atoms with van der Waals surface area (Å²) in [6.45, 7) is 5.05. The molecule has 4 aromatic rings. The van der Waals surface area contributed by atoms with Gasteiger partial charge in [-0.3, -0.25) is 4.79 Å². The summed E-state index contributed by atoms with van der Waals surface area (Å²) in [5, 5.41) is 9.17. The summed E-state index contributed by atoms with van der Waals surface area (Å²) in [7, 11) is 7.44. The third-order valence-corrected chi connectivity index (χ3v) is 6.33. The zero-order valence-corrected chi connectivity index (χ0v) is 23.9. The second kappa shape index (κ2) is 13.6. The van der Waals surface area contributed by atoms with Crippen LogP contribution < -0.4 is 25.6 Å². The standard InChI is InChI=1S/C31H33F2N7O2/c1-6-29(41)36-25-17-26(28(42-5)18-27(25)40(4)15-14-39(2)3)37-31-34-19-24(20-10-12-21(32)13-11-20)30(38-31)35-23-9-7-8-22(33)16-23/h6-13,16-19H,1,14-15H2,2-5H3,(H,36,41)(H2,34,35,37,38). The van der Waals surface area contributed by atoms with Crippen LogP contribution >= 0.6 is 0 Å². The summed E-state index contributed by atoms with van der Waals surface area (Å²) in [6, 6.07) is 15.4. The molecule has 3 N–H and O–H groups in total. The molecule has 42 heavy (non-hydrogen) atoms. The Hall–Kier alpha value is -5.03. The van der Waals surface area contributed by atoms with E-state index in [0.29, 0.717) is 46.3 Å². The minimum atomic E-state index is -0.412. The zero-order valence-electron chi connectivity index (χ0n) is 23.9. The van der Waals surface area contributed by atoms with Crippen molar-refractivity contribution < 1.29 is 18.3 Å². The predicted octanol–water partition coefficient (Wildman–Crippen LogP) is 6.04. The molecule has 0 spiro atoms. The highest BCUT2D eigenvalue weighted by Crippen LogP contribution is 2.38. The molecule has 0 radical (unpaired) electrons. The first-order valence-corrected chi connectivity index (χ1v) is 13.1. The summed E-state index contributed by atoms with van der Waals surface area (Å²) in [5.74, 6) is -0.0965. The number of hydrogen-bond donors (Lipinski definition) is 3. The quantitative estimate of drug-likeness (QED) is 0.177. The molecule has 0 aliphatic carbocycles. The molecule has 3 aromatic carbocycles. The number of aromatic nitrogens is 2. The number of likely N-dealkylation sites (N-methyl/N-ethyl adjacent to an activating group) is 2. The third-order valence-electron chi connectivity index (χ3n) is 6.33. The smallest absolute Gasteiger partial charge is 0.247 e. The van der Waals surface area contributed by atoms with Gasteiger partial charge in [0.05, 0.1) is 24.2 Å². The van der Waals surface area contributed by atoms with Crippen molar-refractivity contribution in [3.63, 3.8) is 0 Å². The van der Waals surface area contributed by atoms with Crippen LogP contribution in [0.3, 0.4) is 0 Å². The van der Waals surface area contributed by atoms with E-state index in [1.165, 1.54) is 30.3 Å². The van der Waals surface area contributed by atoms with Gasteiger partial charge in [0, 0.05) is 43.7 Å². The van der Waals surface area contributed by atoms with Crippen LogP contribution in [0.25, 0.3) is 11.1 Å². The Labute approximate surface area is 243 Å². The van der Waals surface area contributed by atoms with Gasteiger partial charge < -0.3 is 30.5 Å². The number of ether oxygens (including phenoxy) is 1. The molecule has 1 heterocycles. The van der Waals surface area contributed by atoms with Crippen LogP contribution in [0.15, 0.2) is 79.5 Å². The molecular weight excluding hydrogens is 540 g/mol. The van der Waals surface area contributed by atoms with Crippen LogP contribution in [0.4, 0.5) is 43.3 Å². The van der Waals surface area contributed by atoms with Gasteiger partial charge in [-0.05, 0) is 62.1 Å². The number of carbonyl (C=O) groups is 1. The van der Waals surface area contributed by atoms with Crippen molar-refractivity contribution in [3.8, 4) is 16.9 Å². The lowest BCUT2D eigenvalue weighted by Gasteiger charge is -2.26. The molecule has 0 fully saturated rings. The minimum absolute atomic E-state index is 0.202. The summed E-state index contributed by atoms with van der Waals surface area (Å²) in [4.78, 5) is 25.5. The number of nitrogens with zero attached hydrogens (tertiary/aromatic N) is 4. The van der Waals surface area contributed by atoms with Crippen molar-refractivity contribution in [2.45, 2.75) is 0 Å². The molecule has 0 aliphatic rings. The van der Waals surface area contributed by atoms with E-state index in [2.05, 4.69) is 37.4 Å². The fourth-order valence-corrected chi connectivity index (χ4v) is 4.11. The van der Waals surface area contributed by atoms with Gasteiger partial charge in [0.1, 0.15) is 23.2 Å². The molecule has 0 unspecified atom stereocenters. The first-order chi connectivity index (χ1) is 20.2. The zero-order chi connectivity index (χ0) is 30.2. The van der Waals surface area contributed by atoms with E-state index in [1.54, 1.807) is 43.6 Å². The van der Waals surface area contributed by atoms with E-state index >= 15 is 0 Å². The average Bonchev–Trinajstić information content (AvgIpc) is 2.96. The van der Waals surface area contributed by atoms with Crippen molar-refractivity contribution in [1.82, 2.24) is 14.9 Å². The molecule has 0 saturated carbocycles. The Kier molecular flexibility index (Phi) is 9.66. The van der Waals surface area contributed by atoms with Gasteiger partial charge >= 0.3 is 0 Å². The first kappa shape index (κ1) is 29.9. The normalized spacial score (nSPS) is 10.7. The van der Waals surface area contributed by atoms with Crippen LogP contribution in [0.2, 0.25) is 0 Å². The van der Waals surface area contributed by atoms with Crippen LogP contribution in [0.5, 0.6) is 5.75 Å². The fourth-order valence-electron chi connectivity index (χ4n) is 4.11. The number of methoxy groups -OCH3 is 1. The van der Waals surface area contributed by atoms with Gasteiger partial charge in [-0.1, -0.05) is 24.8 Å². The first-order valence-electron chi connectivity index (χ1n) is 13.1. The molecule has 9 nitrogen and oxygen atoms in total. The fraction of sp³-hybridized carbons (Fsp3) is 0.194. The number of amides is 1. The van der Waals surface area contributed by atoms with Crippen molar-refractivity contribution in [2.75, 3.05) is 62.2 Å². The number of benzene rings is 3. The Morgan fingerprint density at radius 3 is 2.40 bits per heavy atom. The topological polar surface area (TPSA) is 94.6 Å². The van der Waals surface area contributed by atoms with Crippen LogP contribution in [-0.4, -0.2) is 62.1 Å². The van der Waals surface area contributed by atoms with Gasteiger partial charge in [-0.2, -0.15) is 4.98 Å². The molecule has 1 aromatic heterocycles. The Morgan fingerprint density at radius 2 is 1.74 bits per heavy atom. The molecule has 11 heteroatoms. The number of anilines is 6. The number of halogens is 2. The Morgan fingerprint density at radius 1 is 0.976 bits per heavy atom. The minimum Gasteiger partial charge on any atom is -0.494 e. The van der Waals surface area contributed by atoms with Crippen LogP contribution in [0, 0.1) is 11.6 Å². The van der Waals surface area contributed by atoms with E-state index in [9.17, 15) is 13.6 Å². The van der Waals surface area contributed by atoms with Gasteiger partial charge in [-0.25, -0.2) is 13.8 Å². The van der Waals surface area contributed by atoms with Crippen LogP contribution in [-0.2, 0) is 4.79 Å². The molecule has 0 bridgehead atoms. The predicted molar refractivity (Wildman–Crippen MR) is 164 cm³/mol. The highest BCUT2D eigenvalue weighted by atomic mass is 19.1. The molecule has 0 atom stereocenters. The van der Waals surface area contributed by atoms with Crippen molar-refractivity contribution in [3.05, 3.63) is 91.1 Å². The second-order valence-electron chi connectivity index (χ2n) is 9.71. The lowest BCUT2D eigenvalue weighted by Crippen LogP contribution is -2.29. The number of carbonyl (C=O) groups excluding carboxylic acids is 1. The highest BCUT2D eigenvalue weighted by Gasteiger charge is 2.18. The van der Waals surface area contributed by atoms with Gasteiger partial charge in [0.2, 0.25) is 11.9 Å². The number of rotatable bonds is 12. The van der Waals surface area contributed by atoms with E-state index < -0.39 is 5.82 Å². The van der Waals surface area contributed by atoms with Gasteiger partial charge in [0.15, 0.2) is 0 Å². The summed E-state index contributed by atoms with van der Waals surface area (Å²) in [6.07, 6.45) is 2.78. The molecule has 1 amide bonds. The lowest BCUT2D eigenvalue weighted by molar-refractivity contribution is -0.111. The van der Waals surface area contributed by atoms with E-state index in [4.69, 9.17) is 4.74 Å². The molecule has 218 valence electrons. The van der Waals surface area contributed by atoms with E-state index in [0.717, 1.165) is 12.2 Å². The molecule has 0 aliphatic heterocycles. The monoisotopic (exact) mass is 573 g/mol. The van der Waals surface area contributed by atoms with E-state index in [-0.39, 0.29) is 17.7 Å². The summed E-state index contributed by atoms with van der Waals surface area (Å²) in [5.41, 5.74) is 3.49. The largest absolute Gasteiger partial charge is 0.494 e. The van der Waals surface area contributed by atoms with E-state index in [1.807, 2.05) is 32.1 Å². The van der Waals surface area contributed by atoms with Crippen molar-refractivity contribution >= 4 is 40.4 Å². The van der Waals surface area contributed by atoms with Crippen molar-refractivity contribution in [2.24, 2.45) is 0 Å². The SMILES string of the molecule is C=CC(=O)Nc1cc(Nc2ncc(-c3ccc(F)cc3)c(Nc3cccc(F)c3)n2)c(OC)cc1N(C)CCN(C)C. The Bertz CT molecular complexity index is 1560. The maximum atomic E-state index is 13.9. The average molecular weight is 574 g/mol. The van der Waals surface area contributed by atoms with Crippen LogP contribution in [0.1, 0.15) is 0 Å². The summed E-state index contributed by atoms with van der Waals surface area (Å²) < 4.78 is 33.2.